The lowest BCUT2D eigenvalue weighted by molar-refractivity contribution is 0.199. The quantitative estimate of drug-likeness (QED) is 0.619. The molecule has 0 radical (unpaired) electrons. The van der Waals surface area contributed by atoms with Crippen LogP contribution in [0.2, 0.25) is 0 Å². The van der Waals surface area contributed by atoms with Crippen molar-refractivity contribution in [2.45, 2.75) is 19.4 Å². The van der Waals surface area contributed by atoms with Gasteiger partial charge in [-0.2, -0.15) is 0 Å². The molecule has 2 aromatic carbocycles. The maximum absolute atomic E-state index is 6.03. The van der Waals surface area contributed by atoms with Crippen LogP contribution in [0.3, 0.4) is 0 Å². The maximum Gasteiger partial charge on any atom is 0.130 e. The van der Waals surface area contributed by atoms with Crippen molar-refractivity contribution in [1.29, 1.82) is 0 Å². The average Bonchev–Trinajstić information content (AvgIpc) is 2.76. The molecule has 1 aliphatic heterocycles. The number of nitrogens with two attached hydrogens (primary N) is 1. The van der Waals surface area contributed by atoms with Crippen LogP contribution >= 0.6 is 0 Å². The summed E-state index contributed by atoms with van der Waals surface area (Å²) in [4.78, 5) is 6.70. The van der Waals surface area contributed by atoms with Gasteiger partial charge in [0, 0.05) is 18.3 Å². The van der Waals surface area contributed by atoms with Crippen molar-refractivity contribution in [3.8, 4) is 11.5 Å². The standard InChI is InChI=1S/C25H27N3O/c1-19(24-8-5-15-27-25(24)26)21-13-16-28(17-14-21)18-20-9-11-23(12-10-20)29-22-6-3-2-4-7-22/h2-12,15,21H,1,13-14,16-18H2,(H2,26,27). The molecule has 0 spiro atoms. The first-order valence-electron chi connectivity index (χ1n) is 10.1. The van der Waals surface area contributed by atoms with E-state index >= 15 is 0 Å². The monoisotopic (exact) mass is 385 g/mol. The molecule has 2 N–H and O–H groups in total. The Labute approximate surface area is 172 Å². The number of hydrogen-bond acceptors (Lipinski definition) is 4. The Hall–Kier alpha value is -3.11. The van der Waals surface area contributed by atoms with Crippen LogP contribution in [0, 0.1) is 5.92 Å². The van der Waals surface area contributed by atoms with Crippen LogP contribution in [0.5, 0.6) is 11.5 Å². The highest BCUT2D eigenvalue weighted by Gasteiger charge is 2.23. The van der Waals surface area contributed by atoms with Crippen LogP contribution in [0.4, 0.5) is 5.82 Å². The van der Waals surface area contributed by atoms with Gasteiger partial charge in [0.15, 0.2) is 0 Å². The molecule has 148 valence electrons. The predicted octanol–water partition coefficient (Wildman–Crippen LogP) is 5.38. The number of pyridine rings is 1. The number of ether oxygens (including phenoxy) is 1. The van der Waals surface area contributed by atoms with Gasteiger partial charge >= 0.3 is 0 Å². The number of benzene rings is 2. The Balaban J connectivity index is 1.29. The number of para-hydroxylation sites is 1. The van der Waals surface area contributed by atoms with E-state index in [2.05, 4.69) is 28.6 Å². The van der Waals surface area contributed by atoms with Crippen molar-refractivity contribution in [3.05, 3.63) is 90.6 Å². The van der Waals surface area contributed by atoms with E-state index in [1.807, 2.05) is 54.6 Å². The largest absolute Gasteiger partial charge is 0.457 e. The minimum Gasteiger partial charge on any atom is -0.457 e. The zero-order valence-electron chi connectivity index (χ0n) is 16.6. The molecule has 1 aliphatic rings. The minimum atomic E-state index is 0.472. The second kappa shape index (κ2) is 8.93. The summed E-state index contributed by atoms with van der Waals surface area (Å²) < 4.78 is 5.88. The molecule has 3 aromatic rings. The normalized spacial score (nSPS) is 15.2. The fourth-order valence-corrected chi connectivity index (χ4v) is 3.89. The molecule has 0 unspecified atom stereocenters. The molecule has 29 heavy (non-hydrogen) atoms. The minimum absolute atomic E-state index is 0.472. The molecular formula is C25H27N3O. The first-order chi connectivity index (χ1) is 14.2. The third kappa shape index (κ3) is 4.84. The summed E-state index contributed by atoms with van der Waals surface area (Å²) in [5.41, 5.74) is 9.45. The van der Waals surface area contributed by atoms with Crippen LogP contribution in [0.1, 0.15) is 24.0 Å². The second-order valence-electron chi connectivity index (χ2n) is 7.57. The van der Waals surface area contributed by atoms with Crippen molar-refractivity contribution in [2.24, 2.45) is 5.92 Å². The molecular weight excluding hydrogens is 358 g/mol. The van der Waals surface area contributed by atoms with Gasteiger partial charge in [-0.1, -0.05) is 36.9 Å². The number of hydrogen-bond donors (Lipinski definition) is 1. The zero-order chi connectivity index (χ0) is 20.1. The fourth-order valence-electron chi connectivity index (χ4n) is 3.89. The Morgan fingerprint density at radius 2 is 1.66 bits per heavy atom. The molecule has 0 aliphatic carbocycles. The number of nitrogen functional groups attached to an aromatic ring is 1. The van der Waals surface area contributed by atoms with E-state index in [1.165, 1.54) is 5.56 Å². The van der Waals surface area contributed by atoms with E-state index < -0.39 is 0 Å². The average molecular weight is 386 g/mol. The van der Waals surface area contributed by atoms with Gasteiger partial charge < -0.3 is 10.5 Å². The van der Waals surface area contributed by atoms with Crippen molar-refractivity contribution >= 4 is 11.4 Å². The Bertz CT molecular complexity index is 945. The molecule has 1 saturated heterocycles. The number of rotatable bonds is 6. The molecule has 4 rings (SSSR count). The fraction of sp³-hybridized carbons (Fsp3) is 0.240. The second-order valence-corrected chi connectivity index (χ2v) is 7.57. The van der Waals surface area contributed by atoms with E-state index in [0.717, 1.165) is 55.1 Å². The Kier molecular flexibility index (Phi) is 5.92. The van der Waals surface area contributed by atoms with Gasteiger partial charge in [-0.05, 0) is 79.4 Å². The summed E-state index contributed by atoms with van der Waals surface area (Å²) in [5.74, 6) is 2.78. The number of anilines is 1. The highest BCUT2D eigenvalue weighted by Crippen LogP contribution is 2.33. The van der Waals surface area contributed by atoms with Crippen molar-refractivity contribution in [2.75, 3.05) is 18.8 Å². The van der Waals surface area contributed by atoms with Gasteiger partial charge in [-0.3, -0.25) is 4.90 Å². The van der Waals surface area contributed by atoms with Crippen LogP contribution < -0.4 is 10.5 Å². The van der Waals surface area contributed by atoms with Gasteiger partial charge in [0.25, 0.3) is 0 Å². The predicted molar refractivity (Wildman–Crippen MR) is 119 cm³/mol. The lowest BCUT2D eigenvalue weighted by Crippen LogP contribution is -2.33. The molecule has 4 heteroatoms. The Morgan fingerprint density at radius 1 is 0.966 bits per heavy atom. The van der Waals surface area contributed by atoms with Crippen molar-refractivity contribution in [3.63, 3.8) is 0 Å². The number of allylic oxidation sites excluding steroid dienone is 1. The molecule has 0 amide bonds. The number of aromatic nitrogens is 1. The summed E-state index contributed by atoms with van der Waals surface area (Å²) in [7, 11) is 0. The van der Waals surface area contributed by atoms with E-state index in [4.69, 9.17) is 10.5 Å². The molecule has 4 nitrogen and oxygen atoms in total. The van der Waals surface area contributed by atoms with Crippen molar-refractivity contribution < 1.29 is 4.74 Å². The van der Waals surface area contributed by atoms with E-state index in [1.54, 1.807) is 6.20 Å². The van der Waals surface area contributed by atoms with E-state index in [0.29, 0.717) is 11.7 Å². The third-order valence-corrected chi connectivity index (χ3v) is 5.57. The number of piperidine rings is 1. The molecule has 0 saturated carbocycles. The molecule has 0 bridgehead atoms. The van der Waals surface area contributed by atoms with Crippen LogP contribution in [0.25, 0.3) is 5.57 Å². The van der Waals surface area contributed by atoms with Gasteiger partial charge in [-0.25, -0.2) is 4.98 Å². The summed E-state index contributed by atoms with van der Waals surface area (Å²) in [6.07, 6.45) is 3.93. The number of likely N-dealkylation sites (tertiary alicyclic amines) is 1. The summed E-state index contributed by atoms with van der Waals surface area (Å²) in [5, 5.41) is 0. The van der Waals surface area contributed by atoms with E-state index in [-0.39, 0.29) is 0 Å². The van der Waals surface area contributed by atoms with Gasteiger partial charge in [0.1, 0.15) is 17.3 Å². The highest BCUT2D eigenvalue weighted by atomic mass is 16.5. The maximum atomic E-state index is 6.03. The Morgan fingerprint density at radius 3 is 2.34 bits per heavy atom. The van der Waals surface area contributed by atoms with Crippen molar-refractivity contribution in [1.82, 2.24) is 9.88 Å². The van der Waals surface area contributed by atoms with Gasteiger partial charge in [-0.15, -0.1) is 0 Å². The van der Waals surface area contributed by atoms with Gasteiger partial charge in [0.05, 0.1) is 0 Å². The molecule has 0 atom stereocenters. The summed E-state index contributed by atoms with van der Waals surface area (Å²) in [6, 6.07) is 22.2. The number of nitrogens with zero attached hydrogens (tertiary/aromatic N) is 2. The van der Waals surface area contributed by atoms with Crippen LogP contribution in [-0.4, -0.2) is 23.0 Å². The SMILES string of the molecule is C=C(c1cccnc1N)C1CCN(Cc2ccc(Oc3ccccc3)cc2)CC1. The smallest absolute Gasteiger partial charge is 0.130 e. The first-order valence-corrected chi connectivity index (χ1v) is 10.1. The van der Waals surface area contributed by atoms with E-state index in [9.17, 15) is 0 Å². The summed E-state index contributed by atoms with van der Waals surface area (Å²) >= 11 is 0. The molecule has 1 fully saturated rings. The topological polar surface area (TPSA) is 51.4 Å². The molecule has 2 heterocycles. The molecule has 1 aromatic heterocycles. The van der Waals surface area contributed by atoms with Gasteiger partial charge in [0.2, 0.25) is 0 Å². The lowest BCUT2D eigenvalue weighted by Gasteiger charge is -2.33. The van der Waals surface area contributed by atoms with Crippen LogP contribution in [-0.2, 0) is 6.54 Å². The highest BCUT2D eigenvalue weighted by molar-refractivity contribution is 5.72. The van der Waals surface area contributed by atoms with Crippen LogP contribution in [0.15, 0.2) is 79.5 Å². The first kappa shape index (κ1) is 19.2. The third-order valence-electron chi connectivity index (χ3n) is 5.57. The summed E-state index contributed by atoms with van der Waals surface area (Å²) in [6.45, 7) is 7.39. The lowest BCUT2D eigenvalue weighted by atomic mass is 9.86. The zero-order valence-corrected chi connectivity index (χ0v) is 16.6.